The zero-order chi connectivity index (χ0) is 15.9. The van der Waals surface area contributed by atoms with E-state index in [-0.39, 0.29) is 17.6 Å². The van der Waals surface area contributed by atoms with Gasteiger partial charge in [-0.05, 0) is 25.8 Å². The second-order valence-electron chi connectivity index (χ2n) is 6.05. The minimum atomic E-state index is -0.373. The average Bonchev–Trinajstić information content (AvgIpc) is 2.95. The lowest BCUT2D eigenvalue weighted by Crippen LogP contribution is -2.51. The maximum Gasteiger partial charge on any atom is 0.446 e. The number of hydrogen-bond acceptors (Lipinski definition) is 5. The number of carbonyl (C=O) groups excluding carboxylic acids is 2. The van der Waals surface area contributed by atoms with Gasteiger partial charge >= 0.3 is 17.8 Å². The van der Waals surface area contributed by atoms with Crippen molar-refractivity contribution in [2.75, 3.05) is 27.2 Å². The van der Waals surface area contributed by atoms with Gasteiger partial charge in [0.05, 0.1) is 20.6 Å². The highest BCUT2D eigenvalue weighted by molar-refractivity contribution is 6.70. The van der Waals surface area contributed by atoms with Crippen molar-refractivity contribution in [3.63, 3.8) is 0 Å². The molecule has 1 fully saturated rings. The van der Waals surface area contributed by atoms with Crippen LogP contribution in [0.3, 0.4) is 0 Å². The van der Waals surface area contributed by atoms with E-state index in [4.69, 9.17) is 0 Å². The summed E-state index contributed by atoms with van der Waals surface area (Å²) in [6.07, 6.45) is 4.78. The molecule has 7 nitrogen and oxygen atoms in total. The third-order valence-corrected chi connectivity index (χ3v) is 4.65. The van der Waals surface area contributed by atoms with Crippen molar-refractivity contribution in [2.45, 2.75) is 38.6 Å². The Bertz CT molecular complexity index is 619. The van der Waals surface area contributed by atoms with Gasteiger partial charge in [-0.1, -0.05) is 18.3 Å². The zero-order valence-electron chi connectivity index (χ0n) is 13.4. The third-order valence-electron chi connectivity index (χ3n) is 4.65. The summed E-state index contributed by atoms with van der Waals surface area (Å²) in [5, 5.41) is 0. The molecular weight excluding hydrogens is 282 g/mol. The molecule has 0 aromatic carbocycles. The lowest BCUT2D eigenvalue weighted by atomic mass is 10.0. The standard InChI is InChI=1S/C15H22N5O2/c1-4-10-7-5-6-8-20(10)9-11-16-12-13(17-11)18(2)15(22)19(3)14(12)21/h10H,4-9H2,1-3H3/q+1. The fourth-order valence-corrected chi connectivity index (χ4v) is 3.30. The first-order chi connectivity index (χ1) is 10.5. The molecule has 0 aromatic rings. The number of nitrogens with zero attached hydrogens (tertiary/aromatic N) is 5. The highest BCUT2D eigenvalue weighted by Gasteiger charge is 2.44. The van der Waals surface area contributed by atoms with E-state index in [1.54, 1.807) is 7.05 Å². The number of amidine groups is 2. The third kappa shape index (κ3) is 2.39. The Kier molecular flexibility index (Phi) is 3.90. The molecule has 0 spiro atoms. The summed E-state index contributed by atoms with van der Waals surface area (Å²) in [5.74, 6) is 0.643. The quantitative estimate of drug-likeness (QED) is 0.722. The first-order valence-electron chi connectivity index (χ1n) is 7.86. The first-order valence-corrected chi connectivity index (χ1v) is 7.86. The number of fused-ring (bicyclic) bond motifs is 1. The van der Waals surface area contributed by atoms with Gasteiger partial charge < -0.3 is 0 Å². The van der Waals surface area contributed by atoms with Gasteiger partial charge in [-0.15, -0.1) is 0 Å². The Morgan fingerprint density at radius 3 is 2.77 bits per heavy atom. The summed E-state index contributed by atoms with van der Waals surface area (Å²) in [6.45, 7) is 3.88. The van der Waals surface area contributed by atoms with Crippen LogP contribution in [0.1, 0.15) is 32.6 Å². The van der Waals surface area contributed by atoms with Crippen molar-refractivity contribution in [2.24, 2.45) is 9.98 Å². The molecule has 3 aliphatic rings. The van der Waals surface area contributed by atoms with Crippen LogP contribution in [0.5, 0.6) is 0 Å². The predicted molar refractivity (Wildman–Crippen MR) is 83.7 cm³/mol. The van der Waals surface area contributed by atoms with Crippen molar-refractivity contribution in [3.05, 3.63) is 0 Å². The molecule has 3 amide bonds. The van der Waals surface area contributed by atoms with Gasteiger partial charge in [0.25, 0.3) is 0 Å². The molecule has 118 valence electrons. The Balaban J connectivity index is 1.84. The Hall–Kier alpha value is -1.89. The molecule has 0 bridgehead atoms. The number of likely N-dealkylation sites (tertiary alicyclic amines) is 1. The number of aliphatic imine (C=N–C) groups is 2. The van der Waals surface area contributed by atoms with Crippen LogP contribution >= 0.6 is 0 Å². The molecule has 3 aliphatic heterocycles. The largest absolute Gasteiger partial charge is 0.446 e. The Labute approximate surface area is 130 Å². The fraction of sp³-hybridized carbons (Fsp3) is 0.667. The second-order valence-corrected chi connectivity index (χ2v) is 6.05. The molecule has 0 radical (unpaired) electrons. The average molecular weight is 304 g/mol. The zero-order valence-corrected chi connectivity index (χ0v) is 13.4. The van der Waals surface area contributed by atoms with Gasteiger partial charge in [0.2, 0.25) is 11.5 Å². The molecule has 0 N–H and O–H groups in total. The number of rotatable bonds is 3. The van der Waals surface area contributed by atoms with Gasteiger partial charge in [-0.25, -0.2) is 14.6 Å². The first kappa shape index (κ1) is 15.0. The van der Waals surface area contributed by atoms with E-state index in [2.05, 4.69) is 21.8 Å². The minimum absolute atomic E-state index is 0.282. The highest BCUT2D eigenvalue weighted by atomic mass is 16.2. The number of piperidine rings is 1. The number of imide groups is 1. The maximum atomic E-state index is 12.2. The lowest BCUT2D eigenvalue weighted by Gasteiger charge is -2.34. The monoisotopic (exact) mass is 304 g/mol. The minimum Gasteiger partial charge on any atom is -0.292 e. The summed E-state index contributed by atoms with van der Waals surface area (Å²) in [5.41, 5.74) is 0.282. The molecule has 22 heavy (non-hydrogen) atoms. The number of hydrogen-bond donors (Lipinski definition) is 0. The van der Waals surface area contributed by atoms with Crippen molar-refractivity contribution >= 4 is 29.3 Å². The van der Waals surface area contributed by atoms with Gasteiger partial charge in [-0.3, -0.25) is 4.90 Å². The molecule has 1 saturated heterocycles. The van der Waals surface area contributed by atoms with Crippen molar-refractivity contribution in [1.29, 1.82) is 0 Å². The summed E-state index contributed by atoms with van der Waals surface area (Å²) in [7, 11) is 3.09. The van der Waals surface area contributed by atoms with E-state index in [1.165, 1.54) is 30.9 Å². The lowest BCUT2D eigenvalue weighted by molar-refractivity contribution is -0.401. The van der Waals surface area contributed by atoms with Gasteiger partial charge in [-0.2, -0.15) is 9.48 Å². The number of amides is 3. The molecule has 7 heteroatoms. The molecule has 0 saturated carbocycles. The molecule has 1 atom stereocenters. The predicted octanol–water partition coefficient (Wildman–Crippen LogP) is 0.737. The van der Waals surface area contributed by atoms with E-state index in [0.29, 0.717) is 24.3 Å². The topological polar surface area (TPSA) is 68.3 Å². The van der Waals surface area contributed by atoms with E-state index in [0.717, 1.165) is 17.9 Å². The molecule has 0 aliphatic carbocycles. The molecule has 1 unspecified atom stereocenters. The Morgan fingerprint density at radius 1 is 1.27 bits per heavy atom. The normalized spacial score (nSPS) is 26.3. The van der Waals surface area contributed by atoms with Crippen LogP contribution < -0.4 is 0 Å². The number of carbonyl (C=O) groups is 2. The molecule has 3 rings (SSSR count). The van der Waals surface area contributed by atoms with Crippen LogP contribution in [0.25, 0.3) is 0 Å². The summed E-state index contributed by atoms with van der Waals surface area (Å²) < 4.78 is 1.39. The van der Waals surface area contributed by atoms with Gasteiger partial charge in [0, 0.05) is 6.04 Å². The van der Waals surface area contributed by atoms with Crippen molar-refractivity contribution in [3.8, 4) is 0 Å². The smallest absolute Gasteiger partial charge is 0.292 e. The van der Waals surface area contributed by atoms with Gasteiger partial charge in [0.1, 0.15) is 0 Å². The summed E-state index contributed by atoms with van der Waals surface area (Å²) in [4.78, 5) is 36.4. The van der Waals surface area contributed by atoms with Gasteiger partial charge in [0.15, 0.2) is 0 Å². The van der Waals surface area contributed by atoms with Crippen LogP contribution in [-0.4, -0.2) is 76.9 Å². The van der Waals surface area contributed by atoms with E-state index in [9.17, 15) is 9.59 Å². The summed E-state index contributed by atoms with van der Waals surface area (Å²) in [6, 6.07) is 0.190. The van der Waals surface area contributed by atoms with Crippen LogP contribution in [0.15, 0.2) is 9.98 Å². The second kappa shape index (κ2) is 5.72. The fourth-order valence-electron chi connectivity index (χ4n) is 3.30. The SMILES string of the molecule is CCC1CCCCN1CC1=NC2=[N+](C)C(=O)N(C)C(=O)C2=N1. The van der Waals surface area contributed by atoms with Crippen molar-refractivity contribution in [1.82, 2.24) is 9.80 Å². The molecular formula is C15H22N5O2+. The van der Waals surface area contributed by atoms with E-state index >= 15 is 0 Å². The van der Waals surface area contributed by atoms with Crippen LogP contribution in [0.2, 0.25) is 0 Å². The maximum absolute atomic E-state index is 12.2. The number of urea groups is 1. The van der Waals surface area contributed by atoms with Crippen LogP contribution in [0.4, 0.5) is 4.79 Å². The van der Waals surface area contributed by atoms with E-state index in [1.807, 2.05) is 0 Å². The molecule has 0 aromatic heterocycles. The highest BCUT2D eigenvalue weighted by Crippen LogP contribution is 2.20. The van der Waals surface area contributed by atoms with Crippen molar-refractivity contribution < 1.29 is 14.2 Å². The Morgan fingerprint density at radius 2 is 2.05 bits per heavy atom. The summed E-state index contributed by atoms with van der Waals surface area (Å²) >= 11 is 0. The molecule has 3 heterocycles. The van der Waals surface area contributed by atoms with Crippen LogP contribution in [-0.2, 0) is 4.79 Å². The van der Waals surface area contributed by atoms with Crippen LogP contribution in [0, 0.1) is 0 Å². The van der Waals surface area contributed by atoms with E-state index < -0.39 is 0 Å².